The largest absolute Gasteiger partial charge is 0.481 e. The maximum atomic E-state index is 12.1. The maximum Gasteiger partial charge on any atom is 0.387 e. The van der Waals surface area contributed by atoms with E-state index in [4.69, 9.17) is 5.11 Å². The van der Waals surface area contributed by atoms with Gasteiger partial charge in [0.1, 0.15) is 5.75 Å². The van der Waals surface area contributed by atoms with Crippen LogP contribution in [-0.4, -0.2) is 45.1 Å². The van der Waals surface area contributed by atoms with Crippen molar-refractivity contribution >= 4 is 11.9 Å². The summed E-state index contributed by atoms with van der Waals surface area (Å²) in [6.07, 6.45) is 0. The van der Waals surface area contributed by atoms with Crippen LogP contribution in [-0.2, 0) is 4.79 Å². The van der Waals surface area contributed by atoms with Crippen LogP contribution in [0.2, 0.25) is 0 Å². The van der Waals surface area contributed by atoms with E-state index in [1.165, 1.54) is 35.9 Å². The number of amides is 1. The molecule has 0 radical (unpaired) electrons. The van der Waals surface area contributed by atoms with Crippen molar-refractivity contribution in [1.82, 2.24) is 20.3 Å². The van der Waals surface area contributed by atoms with E-state index >= 15 is 0 Å². The van der Waals surface area contributed by atoms with Gasteiger partial charge >= 0.3 is 12.6 Å². The molecule has 1 aromatic carbocycles. The highest BCUT2D eigenvalue weighted by molar-refractivity contribution is 5.93. The molecule has 0 fully saturated rings. The molecule has 0 aliphatic heterocycles. The molecule has 1 aromatic heterocycles. The van der Waals surface area contributed by atoms with Crippen LogP contribution in [0, 0.1) is 12.8 Å². The number of benzene rings is 1. The van der Waals surface area contributed by atoms with Crippen molar-refractivity contribution in [2.75, 3.05) is 6.54 Å². The Kier molecular flexibility index (Phi) is 5.63. The number of ether oxygens (including phenoxy) is 1. The smallest absolute Gasteiger partial charge is 0.387 e. The molecule has 0 bridgehead atoms. The molecule has 1 heterocycles. The van der Waals surface area contributed by atoms with Gasteiger partial charge in [-0.05, 0) is 31.2 Å². The van der Waals surface area contributed by atoms with Gasteiger partial charge in [0.2, 0.25) is 0 Å². The Morgan fingerprint density at radius 3 is 2.52 bits per heavy atom. The zero-order chi connectivity index (χ0) is 18.6. The van der Waals surface area contributed by atoms with Crippen molar-refractivity contribution in [3.63, 3.8) is 0 Å². The second-order valence-corrected chi connectivity index (χ2v) is 5.26. The fourth-order valence-corrected chi connectivity index (χ4v) is 1.97. The molecule has 10 heteroatoms. The van der Waals surface area contributed by atoms with Crippen molar-refractivity contribution < 1.29 is 28.2 Å². The van der Waals surface area contributed by atoms with Crippen LogP contribution in [0.15, 0.2) is 24.3 Å². The number of rotatable bonds is 7. The lowest BCUT2D eigenvalue weighted by Crippen LogP contribution is -2.32. The lowest BCUT2D eigenvalue weighted by Gasteiger charge is -2.08. The fraction of sp³-hybridized carbons (Fsp3) is 0.333. The number of aromatic nitrogens is 3. The molecule has 0 spiro atoms. The Morgan fingerprint density at radius 2 is 1.96 bits per heavy atom. The highest BCUT2D eigenvalue weighted by Gasteiger charge is 2.19. The predicted octanol–water partition coefficient (Wildman–Crippen LogP) is 1.63. The summed E-state index contributed by atoms with van der Waals surface area (Å²) in [5.41, 5.74) is 0.970. The molecule has 1 amide bonds. The first-order valence-corrected chi connectivity index (χ1v) is 7.28. The summed E-state index contributed by atoms with van der Waals surface area (Å²) in [5, 5.41) is 18.9. The summed E-state index contributed by atoms with van der Waals surface area (Å²) in [4.78, 5) is 22.8. The Labute approximate surface area is 141 Å². The average Bonchev–Trinajstić information content (AvgIpc) is 2.94. The number of carboxylic acids is 1. The standard InChI is InChI=1S/C15H16F2N4O4/c1-8(14(23)24)7-18-13(22)12-9(2)21(20-19-12)10-3-5-11(6-4-10)25-15(16)17/h3-6,8,15H,7H2,1-2H3,(H,18,22)(H,23,24). The van der Waals surface area contributed by atoms with Crippen molar-refractivity contribution in [1.29, 1.82) is 0 Å². The van der Waals surface area contributed by atoms with Gasteiger partial charge in [-0.1, -0.05) is 12.1 Å². The van der Waals surface area contributed by atoms with Gasteiger partial charge in [-0.2, -0.15) is 8.78 Å². The molecule has 25 heavy (non-hydrogen) atoms. The van der Waals surface area contributed by atoms with Crippen LogP contribution in [0.25, 0.3) is 5.69 Å². The van der Waals surface area contributed by atoms with Crippen molar-refractivity contribution in [3.8, 4) is 11.4 Å². The summed E-state index contributed by atoms with van der Waals surface area (Å²) in [5.74, 6) is -2.31. The SMILES string of the molecule is Cc1c(C(=O)NCC(C)C(=O)O)nnn1-c1ccc(OC(F)F)cc1. The van der Waals surface area contributed by atoms with Gasteiger partial charge in [0, 0.05) is 6.54 Å². The number of halogens is 2. The highest BCUT2D eigenvalue weighted by Crippen LogP contribution is 2.18. The number of carboxylic acid groups (broad SMARTS) is 1. The van der Waals surface area contributed by atoms with Crippen molar-refractivity contribution in [2.24, 2.45) is 5.92 Å². The zero-order valence-corrected chi connectivity index (χ0v) is 13.4. The summed E-state index contributed by atoms with van der Waals surface area (Å²) in [7, 11) is 0. The average molecular weight is 354 g/mol. The Balaban J connectivity index is 2.12. The number of nitrogens with one attached hydrogen (secondary N) is 1. The second-order valence-electron chi connectivity index (χ2n) is 5.26. The molecular formula is C15H16F2N4O4. The van der Waals surface area contributed by atoms with E-state index in [2.05, 4.69) is 20.4 Å². The maximum absolute atomic E-state index is 12.1. The fourth-order valence-electron chi connectivity index (χ4n) is 1.97. The van der Waals surface area contributed by atoms with Crippen LogP contribution in [0.4, 0.5) is 8.78 Å². The lowest BCUT2D eigenvalue weighted by atomic mass is 10.2. The lowest BCUT2D eigenvalue weighted by molar-refractivity contribution is -0.140. The molecule has 2 N–H and O–H groups in total. The molecule has 0 saturated heterocycles. The van der Waals surface area contributed by atoms with Crippen LogP contribution >= 0.6 is 0 Å². The zero-order valence-electron chi connectivity index (χ0n) is 13.4. The van der Waals surface area contributed by atoms with Gasteiger partial charge in [0.05, 0.1) is 17.3 Å². The Hall–Kier alpha value is -3.04. The van der Waals surface area contributed by atoms with Gasteiger partial charge in [0.15, 0.2) is 5.69 Å². The summed E-state index contributed by atoms with van der Waals surface area (Å²) < 4.78 is 29.9. The Morgan fingerprint density at radius 1 is 1.32 bits per heavy atom. The molecule has 8 nitrogen and oxygen atoms in total. The number of nitrogens with zero attached hydrogens (tertiary/aromatic N) is 3. The van der Waals surface area contributed by atoms with Crippen LogP contribution in [0.3, 0.4) is 0 Å². The molecule has 0 aliphatic rings. The number of aliphatic carboxylic acids is 1. The number of carbonyl (C=O) groups excluding carboxylic acids is 1. The van der Waals surface area contributed by atoms with Crippen LogP contribution in [0.5, 0.6) is 5.75 Å². The minimum Gasteiger partial charge on any atom is -0.481 e. The van der Waals surface area contributed by atoms with E-state index in [0.29, 0.717) is 11.4 Å². The van der Waals surface area contributed by atoms with E-state index in [-0.39, 0.29) is 18.0 Å². The first-order valence-electron chi connectivity index (χ1n) is 7.28. The minimum absolute atomic E-state index is 0.00265. The van der Waals surface area contributed by atoms with Gasteiger partial charge in [-0.15, -0.1) is 5.10 Å². The van der Waals surface area contributed by atoms with Gasteiger partial charge in [-0.25, -0.2) is 4.68 Å². The third-order valence-electron chi connectivity index (χ3n) is 3.41. The number of hydrogen-bond acceptors (Lipinski definition) is 5. The van der Waals surface area contributed by atoms with Crippen molar-refractivity contribution in [2.45, 2.75) is 20.5 Å². The summed E-state index contributed by atoms with van der Waals surface area (Å²) in [6.45, 7) is 0.122. The van der Waals surface area contributed by atoms with Gasteiger partial charge in [-0.3, -0.25) is 9.59 Å². The quantitative estimate of drug-likeness (QED) is 0.783. The van der Waals surface area contributed by atoms with Crippen LogP contribution < -0.4 is 10.1 Å². The third kappa shape index (κ3) is 4.49. The number of hydrogen-bond donors (Lipinski definition) is 2. The molecule has 134 valence electrons. The van der Waals surface area contributed by atoms with E-state index in [9.17, 15) is 18.4 Å². The van der Waals surface area contributed by atoms with Crippen molar-refractivity contribution in [3.05, 3.63) is 35.7 Å². The first-order chi connectivity index (χ1) is 11.8. The molecular weight excluding hydrogens is 338 g/mol. The first kappa shape index (κ1) is 18.3. The third-order valence-corrected chi connectivity index (χ3v) is 3.41. The molecule has 1 atom stereocenters. The van der Waals surface area contributed by atoms with E-state index in [1.807, 2.05) is 0 Å². The number of carbonyl (C=O) groups is 2. The highest BCUT2D eigenvalue weighted by atomic mass is 19.3. The topological polar surface area (TPSA) is 106 Å². The van der Waals surface area contributed by atoms with E-state index in [0.717, 1.165) is 0 Å². The van der Waals surface area contributed by atoms with Crippen LogP contribution in [0.1, 0.15) is 23.1 Å². The van der Waals surface area contributed by atoms with E-state index < -0.39 is 24.4 Å². The van der Waals surface area contributed by atoms with Gasteiger partial charge < -0.3 is 15.2 Å². The molecule has 2 rings (SSSR count). The predicted molar refractivity (Wildman–Crippen MR) is 81.9 cm³/mol. The molecule has 0 saturated carbocycles. The monoisotopic (exact) mass is 354 g/mol. The van der Waals surface area contributed by atoms with E-state index in [1.54, 1.807) is 6.92 Å². The molecule has 1 unspecified atom stereocenters. The normalized spacial score (nSPS) is 12.0. The summed E-state index contributed by atoms with van der Waals surface area (Å²) in [6, 6.07) is 5.68. The minimum atomic E-state index is -2.91. The second kappa shape index (κ2) is 7.69. The number of alkyl halides is 2. The Bertz CT molecular complexity index is 761. The van der Waals surface area contributed by atoms with Gasteiger partial charge in [0.25, 0.3) is 5.91 Å². The summed E-state index contributed by atoms with van der Waals surface area (Å²) >= 11 is 0. The molecule has 0 aliphatic carbocycles. The molecule has 2 aromatic rings.